The Hall–Kier alpha value is -2.74. The second-order valence-electron chi connectivity index (χ2n) is 6.51. The van der Waals surface area contributed by atoms with Gasteiger partial charge in [-0.15, -0.1) is 10.2 Å². The number of rotatable bonds is 4. The molecule has 0 bridgehead atoms. The van der Waals surface area contributed by atoms with Crippen molar-refractivity contribution in [2.45, 2.75) is 12.8 Å². The van der Waals surface area contributed by atoms with Gasteiger partial charge in [0.1, 0.15) is 5.82 Å². The molecule has 0 saturated carbocycles. The minimum absolute atomic E-state index is 0.0587. The van der Waals surface area contributed by atoms with E-state index in [2.05, 4.69) is 15.5 Å². The molecule has 1 saturated heterocycles. The van der Waals surface area contributed by atoms with E-state index in [1.165, 1.54) is 0 Å². The van der Waals surface area contributed by atoms with Gasteiger partial charge in [0.2, 0.25) is 5.91 Å². The maximum absolute atomic E-state index is 12.2. The first kappa shape index (κ1) is 16.7. The maximum atomic E-state index is 12.2. The highest BCUT2D eigenvalue weighted by atomic mass is 32.2. The van der Waals surface area contributed by atoms with Gasteiger partial charge >= 0.3 is 0 Å². The lowest BCUT2D eigenvalue weighted by molar-refractivity contribution is -0.119. The van der Waals surface area contributed by atoms with Crippen LogP contribution in [0.25, 0.3) is 5.65 Å². The van der Waals surface area contributed by atoms with Gasteiger partial charge in [-0.05, 0) is 36.2 Å². The minimum atomic E-state index is -3.06. The highest BCUT2D eigenvalue weighted by Gasteiger charge is 2.32. The number of carbonyl (C=O) groups is 1. The van der Waals surface area contributed by atoms with Crippen LogP contribution in [0.4, 0.5) is 5.69 Å². The van der Waals surface area contributed by atoms with Crippen LogP contribution in [-0.2, 0) is 21.1 Å². The van der Waals surface area contributed by atoms with E-state index in [4.69, 9.17) is 0 Å². The zero-order valence-corrected chi connectivity index (χ0v) is 14.8. The fraction of sp³-hybridized carbons (Fsp3) is 0.278. The quantitative estimate of drug-likeness (QED) is 0.754. The molecule has 7 nitrogen and oxygen atoms in total. The van der Waals surface area contributed by atoms with Crippen LogP contribution in [0.15, 0.2) is 48.7 Å². The molecule has 0 spiro atoms. The summed E-state index contributed by atoms with van der Waals surface area (Å²) in [5.74, 6) is 0.186. The number of hydrogen-bond donors (Lipinski definition) is 1. The summed E-state index contributed by atoms with van der Waals surface area (Å²) >= 11 is 0. The molecular formula is C18H18N4O3S. The number of pyridine rings is 1. The van der Waals surface area contributed by atoms with Crippen molar-refractivity contribution in [3.05, 3.63) is 60.0 Å². The van der Waals surface area contributed by atoms with E-state index in [9.17, 15) is 13.2 Å². The number of amides is 1. The lowest BCUT2D eigenvalue weighted by Gasteiger charge is -2.10. The molecule has 1 amide bonds. The Labute approximate surface area is 151 Å². The number of hydrogen-bond acceptors (Lipinski definition) is 5. The monoisotopic (exact) mass is 370 g/mol. The Morgan fingerprint density at radius 1 is 1.15 bits per heavy atom. The molecule has 3 aromatic rings. The smallest absolute Gasteiger partial charge is 0.228 e. The Morgan fingerprint density at radius 3 is 2.69 bits per heavy atom. The molecule has 1 aromatic carbocycles. The molecule has 1 aliphatic heterocycles. The SMILES string of the molecule is O=C(Nc1ccc(Cc2nnc3ccccn23)cc1)[C@@H]1CCS(=O)(=O)C1. The third-order valence-electron chi connectivity index (χ3n) is 4.57. The largest absolute Gasteiger partial charge is 0.326 e. The van der Waals surface area contributed by atoms with E-state index in [-0.39, 0.29) is 17.4 Å². The van der Waals surface area contributed by atoms with Gasteiger partial charge in [0.25, 0.3) is 0 Å². The van der Waals surface area contributed by atoms with E-state index < -0.39 is 15.8 Å². The van der Waals surface area contributed by atoms with Crippen LogP contribution in [0.1, 0.15) is 17.8 Å². The predicted molar refractivity (Wildman–Crippen MR) is 97.6 cm³/mol. The standard InChI is InChI=1S/C18H18N4O3S/c23-18(14-8-10-26(24,25)12-14)19-15-6-4-13(5-7-15)11-17-21-20-16-3-1-2-9-22(16)17/h1-7,9,14H,8,10-12H2,(H,19,23)/t14-/m1/s1. The zero-order valence-electron chi connectivity index (χ0n) is 14.0. The number of benzene rings is 1. The van der Waals surface area contributed by atoms with E-state index >= 15 is 0 Å². The van der Waals surface area contributed by atoms with Crippen molar-refractivity contribution in [3.63, 3.8) is 0 Å². The Kier molecular flexibility index (Phi) is 4.20. The summed E-state index contributed by atoms with van der Waals surface area (Å²) in [5, 5.41) is 11.1. The Bertz CT molecular complexity index is 1060. The average Bonchev–Trinajstić information content (AvgIpc) is 3.20. The van der Waals surface area contributed by atoms with E-state index in [0.717, 1.165) is 17.0 Å². The van der Waals surface area contributed by atoms with Crippen molar-refractivity contribution in [1.82, 2.24) is 14.6 Å². The summed E-state index contributed by atoms with van der Waals surface area (Å²) in [6, 6.07) is 13.2. The average molecular weight is 370 g/mol. The molecule has 3 heterocycles. The highest BCUT2D eigenvalue weighted by molar-refractivity contribution is 7.91. The molecule has 1 aliphatic rings. The lowest BCUT2D eigenvalue weighted by Crippen LogP contribution is -2.23. The fourth-order valence-electron chi connectivity index (χ4n) is 3.15. The molecule has 8 heteroatoms. The second kappa shape index (κ2) is 6.53. The molecule has 0 unspecified atom stereocenters. The Balaban J connectivity index is 1.43. The van der Waals surface area contributed by atoms with Gasteiger partial charge in [-0.25, -0.2) is 8.42 Å². The Morgan fingerprint density at radius 2 is 1.96 bits per heavy atom. The summed E-state index contributed by atoms with van der Waals surface area (Å²) < 4.78 is 24.9. The van der Waals surface area contributed by atoms with Crippen LogP contribution < -0.4 is 5.32 Å². The van der Waals surface area contributed by atoms with Crippen molar-refractivity contribution in [3.8, 4) is 0 Å². The number of sulfone groups is 1. The highest BCUT2D eigenvalue weighted by Crippen LogP contribution is 2.21. The van der Waals surface area contributed by atoms with Crippen LogP contribution in [0.3, 0.4) is 0 Å². The van der Waals surface area contributed by atoms with Crippen molar-refractivity contribution < 1.29 is 13.2 Å². The number of nitrogens with zero attached hydrogens (tertiary/aromatic N) is 3. The van der Waals surface area contributed by atoms with Crippen LogP contribution >= 0.6 is 0 Å². The normalized spacial score (nSPS) is 18.8. The van der Waals surface area contributed by atoms with E-state index in [0.29, 0.717) is 18.5 Å². The van der Waals surface area contributed by atoms with Gasteiger partial charge in [-0.3, -0.25) is 9.20 Å². The first-order chi connectivity index (χ1) is 12.5. The molecule has 1 N–H and O–H groups in total. The van der Waals surface area contributed by atoms with Crippen molar-refractivity contribution in [2.24, 2.45) is 5.92 Å². The number of fused-ring (bicyclic) bond motifs is 1. The van der Waals surface area contributed by atoms with Gasteiger partial charge in [0.05, 0.1) is 17.4 Å². The zero-order chi connectivity index (χ0) is 18.1. The lowest BCUT2D eigenvalue weighted by atomic mass is 10.1. The van der Waals surface area contributed by atoms with Crippen LogP contribution in [0.2, 0.25) is 0 Å². The molecular weight excluding hydrogens is 352 g/mol. The van der Waals surface area contributed by atoms with Gasteiger partial charge in [-0.2, -0.15) is 0 Å². The van der Waals surface area contributed by atoms with Crippen LogP contribution in [-0.4, -0.2) is 40.4 Å². The molecule has 0 aliphatic carbocycles. The second-order valence-corrected chi connectivity index (χ2v) is 8.74. The first-order valence-corrected chi connectivity index (χ1v) is 10.2. The molecule has 2 aromatic heterocycles. The number of aromatic nitrogens is 3. The third-order valence-corrected chi connectivity index (χ3v) is 6.34. The molecule has 0 radical (unpaired) electrons. The fourth-order valence-corrected chi connectivity index (χ4v) is 4.89. The van der Waals surface area contributed by atoms with Gasteiger partial charge < -0.3 is 5.32 Å². The molecule has 26 heavy (non-hydrogen) atoms. The van der Waals surface area contributed by atoms with Crippen molar-refractivity contribution >= 4 is 27.1 Å². The molecule has 1 fully saturated rings. The van der Waals surface area contributed by atoms with Crippen molar-refractivity contribution in [2.75, 3.05) is 16.8 Å². The van der Waals surface area contributed by atoms with Crippen molar-refractivity contribution in [1.29, 1.82) is 0 Å². The summed E-state index contributed by atoms with van der Waals surface area (Å²) in [4.78, 5) is 12.2. The summed E-state index contributed by atoms with van der Waals surface area (Å²) in [6.07, 6.45) is 2.95. The number of nitrogens with one attached hydrogen (secondary N) is 1. The van der Waals surface area contributed by atoms with E-state index in [1.54, 1.807) is 0 Å². The first-order valence-electron chi connectivity index (χ1n) is 8.39. The van der Waals surface area contributed by atoms with Crippen LogP contribution in [0.5, 0.6) is 0 Å². The predicted octanol–water partition coefficient (Wildman–Crippen LogP) is 1.69. The van der Waals surface area contributed by atoms with Gasteiger partial charge in [0.15, 0.2) is 15.5 Å². The van der Waals surface area contributed by atoms with Gasteiger partial charge in [-0.1, -0.05) is 18.2 Å². The molecule has 134 valence electrons. The van der Waals surface area contributed by atoms with Gasteiger partial charge in [0, 0.05) is 18.3 Å². The molecule has 1 atom stereocenters. The number of carbonyl (C=O) groups excluding carboxylic acids is 1. The summed E-state index contributed by atoms with van der Waals surface area (Å²) in [5.41, 5.74) is 2.51. The third kappa shape index (κ3) is 3.45. The van der Waals surface area contributed by atoms with E-state index in [1.807, 2.05) is 53.1 Å². The van der Waals surface area contributed by atoms with Crippen LogP contribution in [0, 0.1) is 5.92 Å². The maximum Gasteiger partial charge on any atom is 0.228 e. The minimum Gasteiger partial charge on any atom is -0.326 e. The topological polar surface area (TPSA) is 93.4 Å². The summed E-state index contributed by atoms with van der Waals surface area (Å²) in [6.45, 7) is 0. The number of anilines is 1. The molecule has 4 rings (SSSR count). The summed E-state index contributed by atoms with van der Waals surface area (Å²) in [7, 11) is -3.06.